The molecule has 0 bridgehead atoms. The lowest BCUT2D eigenvalue weighted by Crippen LogP contribution is -2.29. The van der Waals surface area contributed by atoms with Gasteiger partial charge in [-0.25, -0.2) is 4.98 Å². The summed E-state index contributed by atoms with van der Waals surface area (Å²) in [7, 11) is 0. The summed E-state index contributed by atoms with van der Waals surface area (Å²) in [5.41, 5.74) is 0.251. The van der Waals surface area contributed by atoms with Crippen LogP contribution in [-0.2, 0) is 13.0 Å². The van der Waals surface area contributed by atoms with Crippen LogP contribution in [0.2, 0.25) is 0 Å². The van der Waals surface area contributed by atoms with Crippen LogP contribution >= 0.6 is 11.3 Å². The molecule has 3 nitrogen and oxygen atoms in total. The first kappa shape index (κ1) is 14.6. The van der Waals surface area contributed by atoms with Gasteiger partial charge in [0.2, 0.25) is 0 Å². The SMILES string of the molecule is CCc1ncc(CNCC(C)(C)CCCO)s1. The Hall–Kier alpha value is -0.450. The van der Waals surface area contributed by atoms with Crippen molar-refractivity contribution in [2.75, 3.05) is 13.2 Å². The van der Waals surface area contributed by atoms with Crippen molar-refractivity contribution in [3.8, 4) is 0 Å². The molecule has 0 unspecified atom stereocenters. The van der Waals surface area contributed by atoms with Crippen LogP contribution in [0.4, 0.5) is 0 Å². The van der Waals surface area contributed by atoms with E-state index in [0.717, 1.165) is 32.4 Å². The van der Waals surface area contributed by atoms with Crippen molar-refractivity contribution < 1.29 is 5.11 Å². The standard InChI is InChI=1S/C13H24N2OS/c1-4-12-15-9-11(17-12)8-14-10-13(2,3)6-5-7-16/h9,14,16H,4-8,10H2,1-3H3. The van der Waals surface area contributed by atoms with E-state index in [1.807, 2.05) is 6.20 Å². The van der Waals surface area contributed by atoms with Gasteiger partial charge in [0.1, 0.15) is 0 Å². The third kappa shape index (κ3) is 5.61. The number of aryl methyl sites for hydroxylation is 1. The monoisotopic (exact) mass is 256 g/mol. The van der Waals surface area contributed by atoms with E-state index in [9.17, 15) is 0 Å². The summed E-state index contributed by atoms with van der Waals surface area (Å²) in [6.45, 7) is 8.78. The van der Waals surface area contributed by atoms with Gasteiger partial charge in [-0.2, -0.15) is 0 Å². The van der Waals surface area contributed by atoms with Crippen molar-refractivity contribution in [3.05, 3.63) is 16.1 Å². The Morgan fingerprint density at radius 1 is 1.47 bits per heavy atom. The van der Waals surface area contributed by atoms with E-state index >= 15 is 0 Å². The number of rotatable bonds is 8. The summed E-state index contributed by atoms with van der Waals surface area (Å²) in [5.74, 6) is 0. The van der Waals surface area contributed by atoms with Gasteiger partial charge in [0, 0.05) is 30.8 Å². The molecule has 0 aliphatic rings. The molecule has 0 aromatic carbocycles. The lowest BCUT2D eigenvalue weighted by atomic mass is 9.88. The van der Waals surface area contributed by atoms with Crippen molar-refractivity contribution in [1.82, 2.24) is 10.3 Å². The van der Waals surface area contributed by atoms with Crippen molar-refractivity contribution in [2.24, 2.45) is 5.41 Å². The largest absolute Gasteiger partial charge is 0.396 e. The van der Waals surface area contributed by atoms with Crippen molar-refractivity contribution >= 4 is 11.3 Å². The fourth-order valence-electron chi connectivity index (χ4n) is 1.76. The van der Waals surface area contributed by atoms with Crippen molar-refractivity contribution in [2.45, 2.75) is 46.6 Å². The maximum Gasteiger partial charge on any atom is 0.0925 e. The molecule has 1 aromatic rings. The van der Waals surface area contributed by atoms with Gasteiger partial charge in [-0.1, -0.05) is 20.8 Å². The third-order valence-corrected chi connectivity index (χ3v) is 3.96. The first-order chi connectivity index (χ1) is 8.07. The Kier molecular flexibility index (Phi) is 6.09. The Balaban J connectivity index is 2.26. The molecular weight excluding hydrogens is 232 g/mol. The van der Waals surface area contributed by atoms with Crippen LogP contribution in [0.1, 0.15) is 43.5 Å². The summed E-state index contributed by atoms with van der Waals surface area (Å²) in [5, 5.41) is 13.5. The molecule has 0 spiro atoms. The van der Waals surface area contributed by atoms with Gasteiger partial charge >= 0.3 is 0 Å². The Morgan fingerprint density at radius 3 is 2.82 bits per heavy atom. The average Bonchev–Trinajstić information content (AvgIpc) is 2.74. The lowest BCUT2D eigenvalue weighted by molar-refractivity contribution is 0.236. The minimum Gasteiger partial charge on any atom is -0.396 e. The van der Waals surface area contributed by atoms with Gasteiger partial charge < -0.3 is 10.4 Å². The summed E-state index contributed by atoms with van der Waals surface area (Å²) in [6.07, 6.45) is 4.93. The van der Waals surface area contributed by atoms with Gasteiger partial charge in [-0.3, -0.25) is 0 Å². The van der Waals surface area contributed by atoms with E-state index in [0.29, 0.717) is 0 Å². The molecule has 0 amide bonds. The molecule has 0 aliphatic heterocycles. The van der Waals surface area contributed by atoms with Crippen LogP contribution < -0.4 is 5.32 Å². The quantitative estimate of drug-likeness (QED) is 0.751. The first-order valence-electron chi connectivity index (χ1n) is 6.32. The number of aromatic nitrogens is 1. The van der Waals surface area contributed by atoms with E-state index < -0.39 is 0 Å². The van der Waals surface area contributed by atoms with Crippen LogP contribution in [0.5, 0.6) is 0 Å². The highest BCUT2D eigenvalue weighted by Gasteiger charge is 2.16. The van der Waals surface area contributed by atoms with Crippen LogP contribution in [0.15, 0.2) is 6.20 Å². The topological polar surface area (TPSA) is 45.2 Å². The molecule has 1 rings (SSSR count). The number of thiazole rings is 1. The Labute approximate surface area is 108 Å². The van der Waals surface area contributed by atoms with E-state index in [2.05, 4.69) is 31.1 Å². The Morgan fingerprint density at radius 2 is 2.24 bits per heavy atom. The molecule has 1 heterocycles. The summed E-state index contributed by atoms with van der Waals surface area (Å²) >= 11 is 1.79. The fourth-order valence-corrected chi connectivity index (χ4v) is 2.60. The number of hydrogen-bond acceptors (Lipinski definition) is 4. The predicted octanol–water partition coefficient (Wildman–Crippen LogP) is 2.59. The zero-order valence-corrected chi connectivity index (χ0v) is 11.9. The lowest BCUT2D eigenvalue weighted by Gasteiger charge is -2.24. The zero-order valence-electron chi connectivity index (χ0n) is 11.1. The van der Waals surface area contributed by atoms with Gasteiger partial charge in [0.05, 0.1) is 5.01 Å². The maximum absolute atomic E-state index is 8.84. The van der Waals surface area contributed by atoms with Crippen LogP contribution in [0, 0.1) is 5.41 Å². The highest BCUT2D eigenvalue weighted by molar-refractivity contribution is 7.11. The fraction of sp³-hybridized carbons (Fsp3) is 0.769. The van der Waals surface area contributed by atoms with E-state index in [1.54, 1.807) is 11.3 Å². The maximum atomic E-state index is 8.84. The van der Waals surface area contributed by atoms with Crippen LogP contribution in [0.3, 0.4) is 0 Å². The molecule has 4 heteroatoms. The molecule has 0 aliphatic carbocycles. The minimum absolute atomic E-state index is 0.251. The first-order valence-corrected chi connectivity index (χ1v) is 7.14. The van der Waals surface area contributed by atoms with Crippen LogP contribution in [-0.4, -0.2) is 23.2 Å². The normalized spacial score (nSPS) is 12.0. The second kappa shape index (κ2) is 7.09. The molecule has 98 valence electrons. The molecule has 0 radical (unpaired) electrons. The number of nitrogens with zero attached hydrogens (tertiary/aromatic N) is 1. The predicted molar refractivity (Wildman–Crippen MR) is 73.3 cm³/mol. The van der Waals surface area contributed by atoms with Crippen LogP contribution in [0.25, 0.3) is 0 Å². The summed E-state index contributed by atoms with van der Waals surface area (Å²) < 4.78 is 0. The molecule has 2 N–H and O–H groups in total. The number of nitrogens with one attached hydrogen (secondary N) is 1. The molecule has 0 saturated carbocycles. The third-order valence-electron chi connectivity index (χ3n) is 2.82. The van der Waals surface area contributed by atoms with Crippen molar-refractivity contribution in [3.63, 3.8) is 0 Å². The molecule has 0 saturated heterocycles. The van der Waals surface area contributed by atoms with Gasteiger partial charge in [0.15, 0.2) is 0 Å². The smallest absolute Gasteiger partial charge is 0.0925 e. The van der Waals surface area contributed by atoms with Gasteiger partial charge in [-0.05, 0) is 24.7 Å². The van der Waals surface area contributed by atoms with Crippen molar-refractivity contribution in [1.29, 1.82) is 0 Å². The number of hydrogen-bond donors (Lipinski definition) is 2. The molecule has 0 atom stereocenters. The highest BCUT2D eigenvalue weighted by Crippen LogP contribution is 2.21. The summed E-state index contributed by atoms with van der Waals surface area (Å²) in [4.78, 5) is 5.65. The molecule has 17 heavy (non-hydrogen) atoms. The number of aliphatic hydroxyl groups excluding tert-OH is 1. The van der Waals surface area contributed by atoms with Gasteiger partial charge in [-0.15, -0.1) is 11.3 Å². The second-order valence-corrected chi connectivity index (χ2v) is 6.37. The summed E-state index contributed by atoms with van der Waals surface area (Å²) in [6, 6.07) is 0. The molecular formula is C13H24N2OS. The van der Waals surface area contributed by atoms with E-state index in [4.69, 9.17) is 5.11 Å². The number of aliphatic hydroxyl groups is 1. The Bertz CT molecular complexity index is 323. The zero-order chi connectivity index (χ0) is 12.7. The molecule has 1 aromatic heterocycles. The highest BCUT2D eigenvalue weighted by atomic mass is 32.1. The van der Waals surface area contributed by atoms with Gasteiger partial charge in [0.25, 0.3) is 0 Å². The van der Waals surface area contributed by atoms with E-state index in [-0.39, 0.29) is 12.0 Å². The molecule has 0 fully saturated rings. The average molecular weight is 256 g/mol. The van der Waals surface area contributed by atoms with E-state index in [1.165, 1.54) is 9.88 Å². The minimum atomic E-state index is 0.251. The second-order valence-electron chi connectivity index (χ2n) is 5.17.